The summed E-state index contributed by atoms with van der Waals surface area (Å²) in [5.74, 6) is -1.70. The summed E-state index contributed by atoms with van der Waals surface area (Å²) in [5.41, 5.74) is 0.681. The van der Waals surface area contributed by atoms with Crippen LogP contribution in [0.5, 0.6) is 0 Å². The van der Waals surface area contributed by atoms with Gasteiger partial charge in [0.1, 0.15) is 0 Å². The van der Waals surface area contributed by atoms with Crippen molar-refractivity contribution in [2.75, 3.05) is 25.5 Å². The van der Waals surface area contributed by atoms with Gasteiger partial charge in [0.15, 0.2) is 0 Å². The number of urea groups is 1. The van der Waals surface area contributed by atoms with Gasteiger partial charge in [-0.2, -0.15) is 0 Å². The first-order valence-corrected chi connectivity index (χ1v) is 8.00. The molecule has 1 fully saturated rings. The van der Waals surface area contributed by atoms with Gasteiger partial charge in [-0.05, 0) is 30.5 Å². The molecule has 1 heterocycles. The number of anilines is 1. The lowest BCUT2D eigenvalue weighted by atomic mass is 9.91. The fourth-order valence-electron chi connectivity index (χ4n) is 2.81. The number of carboxylic acids is 1. The Balaban J connectivity index is 2.11. The van der Waals surface area contributed by atoms with Crippen molar-refractivity contribution in [2.45, 2.75) is 13.3 Å². The largest absolute Gasteiger partial charge is 0.481 e. The predicted molar refractivity (Wildman–Crippen MR) is 90.3 cm³/mol. The molecule has 2 atom stereocenters. The SMILES string of the molecule is CNC(=O)c1cc(NC(=O)N2CC(C)CC(C(=O)O)C2)ccc1Cl. The molecule has 2 unspecified atom stereocenters. The minimum atomic E-state index is -0.896. The van der Waals surface area contributed by atoms with Gasteiger partial charge in [0, 0.05) is 25.8 Å². The van der Waals surface area contributed by atoms with Gasteiger partial charge < -0.3 is 20.6 Å². The maximum Gasteiger partial charge on any atom is 0.321 e. The molecular weight excluding hydrogens is 334 g/mol. The van der Waals surface area contributed by atoms with Gasteiger partial charge in [-0.1, -0.05) is 18.5 Å². The second-order valence-corrected chi connectivity index (χ2v) is 6.39. The Kier molecular flexibility index (Phi) is 5.66. The van der Waals surface area contributed by atoms with Crippen LogP contribution in [0.3, 0.4) is 0 Å². The van der Waals surface area contributed by atoms with Gasteiger partial charge in [-0.25, -0.2) is 4.79 Å². The number of rotatable bonds is 3. The summed E-state index contributed by atoms with van der Waals surface area (Å²) in [6.45, 7) is 2.58. The highest BCUT2D eigenvalue weighted by molar-refractivity contribution is 6.34. The number of nitrogens with zero attached hydrogens (tertiary/aromatic N) is 1. The number of nitrogens with one attached hydrogen (secondary N) is 2. The molecule has 130 valence electrons. The Bertz CT molecular complexity index is 665. The highest BCUT2D eigenvalue weighted by atomic mass is 35.5. The van der Waals surface area contributed by atoms with Crippen LogP contribution in [0.4, 0.5) is 10.5 Å². The van der Waals surface area contributed by atoms with E-state index in [0.717, 1.165) is 0 Å². The topological polar surface area (TPSA) is 98.7 Å². The zero-order chi connectivity index (χ0) is 17.9. The molecule has 7 nitrogen and oxygen atoms in total. The van der Waals surface area contributed by atoms with Crippen LogP contribution in [0.15, 0.2) is 18.2 Å². The van der Waals surface area contributed by atoms with E-state index in [1.165, 1.54) is 24.1 Å². The summed E-state index contributed by atoms with van der Waals surface area (Å²) in [4.78, 5) is 36.8. The first-order chi connectivity index (χ1) is 11.3. The zero-order valence-corrected chi connectivity index (χ0v) is 14.3. The molecule has 3 amide bonds. The van der Waals surface area contributed by atoms with Crippen molar-refractivity contribution in [1.29, 1.82) is 0 Å². The van der Waals surface area contributed by atoms with Gasteiger partial charge >= 0.3 is 12.0 Å². The summed E-state index contributed by atoms with van der Waals surface area (Å²) in [6.07, 6.45) is 0.556. The fourth-order valence-corrected chi connectivity index (χ4v) is 3.01. The number of benzene rings is 1. The lowest BCUT2D eigenvalue weighted by molar-refractivity contribution is -0.143. The molecular formula is C16H20ClN3O4. The van der Waals surface area contributed by atoms with Crippen LogP contribution in [-0.4, -0.2) is 48.1 Å². The third-order valence-electron chi connectivity index (χ3n) is 3.99. The van der Waals surface area contributed by atoms with Gasteiger partial charge in [-0.3, -0.25) is 9.59 Å². The Morgan fingerprint density at radius 1 is 1.29 bits per heavy atom. The molecule has 0 spiro atoms. The van der Waals surface area contributed by atoms with Gasteiger partial charge in [0.2, 0.25) is 0 Å². The minimum absolute atomic E-state index is 0.109. The molecule has 24 heavy (non-hydrogen) atoms. The average Bonchev–Trinajstić information content (AvgIpc) is 2.55. The quantitative estimate of drug-likeness (QED) is 0.776. The van der Waals surface area contributed by atoms with Crippen molar-refractivity contribution in [3.63, 3.8) is 0 Å². The predicted octanol–water partition coefficient (Wildman–Crippen LogP) is 2.27. The summed E-state index contributed by atoms with van der Waals surface area (Å²) >= 11 is 5.98. The van der Waals surface area contributed by atoms with Crippen LogP contribution in [-0.2, 0) is 4.79 Å². The standard InChI is InChI=1S/C16H20ClN3O4/c1-9-5-10(15(22)23)8-20(7-9)16(24)19-11-3-4-13(17)12(6-11)14(21)18-2/h3-4,6,9-10H,5,7-8H2,1-2H3,(H,18,21)(H,19,24)(H,22,23). The van der Waals surface area contributed by atoms with Crippen LogP contribution in [0.25, 0.3) is 0 Å². The molecule has 1 saturated heterocycles. The van der Waals surface area contributed by atoms with E-state index in [1.807, 2.05) is 6.92 Å². The molecule has 1 aliphatic rings. The highest BCUT2D eigenvalue weighted by Gasteiger charge is 2.32. The molecule has 8 heteroatoms. The van der Waals surface area contributed by atoms with Crippen LogP contribution in [0.1, 0.15) is 23.7 Å². The van der Waals surface area contributed by atoms with Gasteiger partial charge in [0.05, 0.1) is 16.5 Å². The fraction of sp³-hybridized carbons (Fsp3) is 0.438. The monoisotopic (exact) mass is 353 g/mol. The number of carboxylic acid groups (broad SMARTS) is 1. The summed E-state index contributed by atoms with van der Waals surface area (Å²) in [7, 11) is 1.49. The number of likely N-dealkylation sites (tertiary alicyclic amines) is 1. The first kappa shape index (κ1) is 18.1. The number of amides is 3. The molecule has 3 N–H and O–H groups in total. The van der Waals surface area contributed by atoms with E-state index < -0.39 is 17.9 Å². The summed E-state index contributed by atoms with van der Waals surface area (Å²) in [6, 6.07) is 4.22. The van der Waals surface area contributed by atoms with E-state index in [2.05, 4.69) is 10.6 Å². The van der Waals surface area contributed by atoms with Crippen molar-refractivity contribution < 1.29 is 19.5 Å². The molecule has 1 aromatic rings. The molecule has 0 radical (unpaired) electrons. The second kappa shape index (κ2) is 7.53. The number of hydrogen-bond donors (Lipinski definition) is 3. The lowest BCUT2D eigenvalue weighted by Gasteiger charge is -2.34. The van der Waals surface area contributed by atoms with E-state index >= 15 is 0 Å². The van der Waals surface area contributed by atoms with Crippen LogP contribution < -0.4 is 10.6 Å². The first-order valence-electron chi connectivity index (χ1n) is 7.62. The normalized spacial score (nSPS) is 20.4. The average molecular weight is 354 g/mol. The summed E-state index contributed by atoms with van der Waals surface area (Å²) < 4.78 is 0. The maximum atomic E-state index is 12.4. The number of carbonyl (C=O) groups excluding carboxylic acids is 2. The number of carbonyl (C=O) groups is 3. The Morgan fingerprint density at radius 2 is 2.00 bits per heavy atom. The third kappa shape index (κ3) is 4.17. The highest BCUT2D eigenvalue weighted by Crippen LogP contribution is 2.24. The number of halogens is 1. The number of piperidine rings is 1. The molecule has 2 rings (SSSR count). The van der Waals surface area contributed by atoms with E-state index in [9.17, 15) is 19.5 Å². The second-order valence-electron chi connectivity index (χ2n) is 5.98. The van der Waals surface area contributed by atoms with Crippen molar-refractivity contribution in [2.24, 2.45) is 11.8 Å². The lowest BCUT2D eigenvalue weighted by Crippen LogP contribution is -2.47. The van der Waals surface area contributed by atoms with Crippen molar-refractivity contribution in [3.8, 4) is 0 Å². The van der Waals surface area contributed by atoms with Crippen molar-refractivity contribution >= 4 is 35.2 Å². The van der Waals surface area contributed by atoms with Crippen LogP contribution in [0.2, 0.25) is 5.02 Å². The van der Waals surface area contributed by atoms with Gasteiger partial charge in [0.25, 0.3) is 5.91 Å². The Labute approximate surface area is 145 Å². The molecule has 1 aliphatic heterocycles. The minimum Gasteiger partial charge on any atom is -0.481 e. The van der Waals surface area contributed by atoms with Gasteiger partial charge in [-0.15, -0.1) is 0 Å². The molecule has 0 saturated carbocycles. The van der Waals surface area contributed by atoms with Crippen LogP contribution >= 0.6 is 11.6 Å². The molecule has 1 aromatic carbocycles. The smallest absolute Gasteiger partial charge is 0.321 e. The zero-order valence-electron chi connectivity index (χ0n) is 13.5. The molecule has 0 aromatic heterocycles. The number of hydrogen-bond acceptors (Lipinski definition) is 3. The number of aliphatic carboxylic acids is 1. The Hall–Kier alpha value is -2.28. The van der Waals surface area contributed by atoms with E-state index in [1.54, 1.807) is 6.07 Å². The van der Waals surface area contributed by atoms with E-state index in [0.29, 0.717) is 18.7 Å². The maximum absolute atomic E-state index is 12.4. The molecule has 0 aliphatic carbocycles. The molecule has 0 bridgehead atoms. The van der Waals surface area contributed by atoms with Crippen molar-refractivity contribution in [1.82, 2.24) is 10.2 Å². The van der Waals surface area contributed by atoms with Crippen LogP contribution in [0, 0.1) is 11.8 Å². The third-order valence-corrected chi connectivity index (χ3v) is 4.32. The summed E-state index contributed by atoms with van der Waals surface area (Å²) in [5, 5.41) is 14.6. The van der Waals surface area contributed by atoms with E-state index in [-0.39, 0.29) is 29.0 Å². The van der Waals surface area contributed by atoms with E-state index in [4.69, 9.17) is 11.6 Å². The Morgan fingerprint density at radius 3 is 2.62 bits per heavy atom. The van der Waals surface area contributed by atoms with Crippen molar-refractivity contribution in [3.05, 3.63) is 28.8 Å².